The van der Waals surface area contributed by atoms with Crippen molar-refractivity contribution in [2.24, 2.45) is 17.3 Å². The maximum atomic E-state index is 12.2. The Kier molecular flexibility index (Phi) is 5.00. The van der Waals surface area contributed by atoms with Gasteiger partial charge in [0.1, 0.15) is 6.61 Å². The van der Waals surface area contributed by atoms with Crippen LogP contribution in [0.3, 0.4) is 0 Å². The van der Waals surface area contributed by atoms with E-state index in [0.29, 0.717) is 6.54 Å². The molecule has 1 fully saturated rings. The van der Waals surface area contributed by atoms with Crippen molar-refractivity contribution in [1.29, 1.82) is 0 Å². The van der Waals surface area contributed by atoms with Crippen molar-refractivity contribution in [3.63, 3.8) is 0 Å². The van der Waals surface area contributed by atoms with Crippen LogP contribution >= 0.6 is 31.9 Å². The fourth-order valence-corrected chi connectivity index (χ4v) is 3.21. The second kappa shape index (κ2) is 6.41. The lowest BCUT2D eigenvalue weighted by Gasteiger charge is -2.08. The van der Waals surface area contributed by atoms with Gasteiger partial charge in [0.15, 0.2) is 0 Å². The fourth-order valence-electron chi connectivity index (χ4n) is 2.64. The van der Waals surface area contributed by atoms with E-state index < -0.39 is 0 Å². The van der Waals surface area contributed by atoms with Gasteiger partial charge in [0.05, 0.1) is 21.5 Å². The number of hydrogen-bond acceptors (Lipinski definition) is 2. The maximum Gasteiger partial charge on any atom is 0.310 e. The Morgan fingerprint density at radius 2 is 2.29 bits per heavy atom. The van der Waals surface area contributed by atoms with Gasteiger partial charge in [0, 0.05) is 6.20 Å². The van der Waals surface area contributed by atoms with Gasteiger partial charge in [-0.2, -0.15) is 0 Å². The van der Waals surface area contributed by atoms with Crippen molar-refractivity contribution in [2.45, 2.75) is 27.0 Å². The minimum absolute atomic E-state index is 0.0648. The summed E-state index contributed by atoms with van der Waals surface area (Å²) in [6, 6.07) is 3.81. The number of ether oxygens (including phenoxy) is 1. The Balaban J connectivity index is 1.96. The monoisotopic (exact) mass is 413 g/mol. The largest absolute Gasteiger partial charge is 0.459 e. The summed E-state index contributed by atoms with van der Waals surface area (Å²) in [6.45, 7) is 4.89. The Bertz CT molecular complexity index is 606. The van der Waals surface area contributed by atoms with E-state index in [-0.39, 0.29) is 29.8 Å². The Hall–Kier alpha value is -0.990. The molecule has 112 valence electrons. The molecule has 0 bridgehead atoms. The highest BCUT2D eigenvalue weighted by molar-refractivity contribution is 9.28. The molecule has 1 saturated carbocycles. The lowest BCUT2D eigenvalue weighted by molar-refractivity contribution is -0.147. The molecular formula is C16H17Br2NO2. The number of carbonyl (C=O) groups is 1. The molecule has 0 aromatic carbocycles. The molecule has 21 heavy (non-hydrogen) atoms. The van der Waals surface area contributed by atoms with Crippen molar-refractivity contribution < 1.29 is 9.53 Å². The molecule has 0 aliphatic heterocycles. The zero-order chi connectivity index (χ0) is 15.6. The number of halogens is 2. The third-order valence-corrected chi connectivity index (χ3v) is 4.55. The summed E-state index contributed by atoms with van der Waals surface area (Å²) in [5.41, 5.74) is 0.846. The number of aromatic nitrogens is 1. The van der Waals surface area contributed by atoms with Gasteiger partial charge in [0.25, 0.3) is 0 Å². The summed E-state index contributed by atoms with van der Waals surface area (Å²) in [4.78, 5) is 12.2. The average molecular weight is 415 g/mol. The van der Waals surface area contributed by atoms with Crippen LogP contribution in [0, 0.1) is 29.6 Å². The van der Waals surface area contributed by atoms with Gasteiger partial charge in [-0.25, -0.2) is 0 Å². The van der Waals surface area contributed by atoms with Gasteiger partial charge in [-0.3, -0.25) is 4.79 Å². The first-order valence-electron chi connectivity index (χ1n) is 6.65. The molecule has 0 N–H and O–H groups in total. The van der Waals surface area contributed by atoms with E-state index >= 15 is 0 Å². The van der Waals surface area contributed by atoms with Crippen LogP contribution in [-0.4, -0.2) is 10.5 Å². The minimum Gasteiger partial charge on any atom is -0.459 e. The van der Waals surface area contributed by atoms with Crippen molar-refractivity contribution in [1.82, 2.24) is 4.57 Å². The molecule has 1 aromatic heterocycles. The number of allylic oxidation sites excluding steroid dienone is 1. The van der Waals surface area contributed by atoms with Gasteiger partial charge in [-0.05, 0) is 55.3 Å². The number of rotatable bonds is 5. The van der Waals surface area contributed by atoms with Crippen molar-refractivity contribution in [2.75, 3.05) is 0 Å². The fraction of sp³-hybridized carbons (Fsp3) is 0.438. The molecule has 2 atom stereocenters. The summed E-state index contributed by atoms with van der Waals surface area (Å²) in [6.07, 6.45) is 9.20. The number of esters is 1. The van der Waals surface area contributed by atoms with E-state index in [1.807, 2.05) is 29.0 Å². The molecule has 0 radical (unpaired) electrons. The molecule has 0 saturated heterocycles. The van der Waals surface area contributed by atoms with Crippen molar-refractivity contribution >= 4 is 37.8 Å². The number of terminal acetylenes is 1. The molecule has 1 heterocycles. The van der Waals surface area contributed by atoms with Crippen LogP contribution in [0.15, 0.2) is 27.8 Å². The van der Waals surface area contributed by atoms with Crippen LogP contribution in [0.2, 0.25) is 0 Å². The topological polar surface area (TPSA) is 31.2 Å². The third kappa shape index (κ3) is 3.61. The van der Waals surface area contributed by atoms with E-state index in [2.05, 4.69) is 51.6 Å². The molecule has 1 aromatic rings. The van der Waals surface area contributed by atoms with Crippen molar-refractivity contribution in [3.05, 3.63) is 33.5 Å². The van der Waals surface area contributed by atoms with Crippen LogP contribution in [0.4, 0.5) is 0 Å². The SMILES string of the molecule is C#CCn1cccc1COC(=O)[C@H]1[C@@H](C=C(Br)Br)C1(C)C. The second-order valence-electron chi connectivity index (χ2n) is 5.72. The van der Waals surface area contributed by atoms with Crippen LogP contribution in [-0.2, 0) is 22.7 Å². The van der Waals surface area contributed by atoms with Gasteiger partial charge < -0.3 is 9.30 Å². The van der Waals surface area contributed by atoms with Crippen LogP contribution < -0.4 is 0 Å². The van der Waals surface area contributed by atoms with Gasteiger partial charge in [-0.15, -0.1) is 6.42 Å². The van der Waals surface area contributed by atoms with E-state index in [4.69, 9.17) is 11.2 Å². The first kappa shape index (κ1) is 16.4. The van der Waals surface area contributed by atoms with Gasteiger partial charge >= 0.3 is 5.97 Å². The quantitative estimate of drug-likeness (QED) is 0.537. The van der Waals surface area contributed by atoms with E-state index in [1.165, 1.54) is 0 Å². The minimum atomic E-state index is -0.157. The molecule has 0 unspecified atom stereocenters. The van der Waals surface area contributed by atoms with Crippen LogP contribution in [0.25, 0.3) is 0 Å². The summed E-state index contributed by atoms with van der Waals surface area (Å²) < 4.78 is 8.22. The van der Waals surface area contributed by atoms with E-state index in [0.717, 1.165) is 9.09 Å². The standard InChI is InChI=1S/C16H17Br2NO2/c1-4-7-19-8-5-6-11(19)10-21-15(20)14-12(9-13(17)18)16(14,2)3/h1,5-6,8-9,12,14H,7,10H2,2-3H3/t12-,14-/m1/s1. The summed E-state index contributed by atoms with van der Waals surface area (Å²) in [7, 11) is 0. The Morgan fingerprint density at radius 3 is 2.90 bits per heavy atom. The molecule has 3 nitrogen and oxygen atoms in total. The molecule has 0 amide bonds. The molecular weight excluding hydrogens is 398 g/mol. The van der Waals surface area contributed by atoms with Gasteiger partial charge in [-0.1, -0.05) is 25.8 Å². The summed E-state index contributed by atoms with van der Waals surface area (Å²) in [5.74, 6) is 2.52. The number of hydrogen-bond donors (Lipinski definition) is 0. The zero-order valence-corrected chi connectivity index (χ0v) is 15.1. The number of nitrogens with zero attached hydrogens (tertiary/aromatic N) is 1. The lowest BCUT2D eigenvalue weighted by atomic mass is 10.1. The van der Waals surface area contributed by atoms with Crippen LogP contribution in [0.5, 0.6) is 0 Å². The van der Waals surface area contributed by atoms with Crippen LogP contribution in [0.1, 0.15) is 19.5 Å². The highest BCUT2D eigenvalue weighted by atomic mass is 79.9. The molecule has 2 rings (SSSR count). The smallest absolute Gasteiger partial charge is 0.310 e. The molecule has 1 aliphatic carbocycles. The third-order valence-electron chi connectivity index (χ3n) is 4.02. The van der Waals surface area contributed by atoms with E-state index in [1.54, 1.807) is 0 Å². The van der Waals surface area contributed by atoms with Crippen molar-refractivity contribution in [3.8, 4) is 12.3 Å². The Labute approximate surface area is 142 Å². The lowest BCUT2D eigenvalue weighted by Crippen LogP contribution is -2.12. The molecule has 1 aliphatic rings. The Morgan fingerprint density at radius 1 is 1.57 bits per heavy atom. The first-order valence-corrected chi connectivity index (χ1v) is 8.23. The summed E-state index contributed by atoms with van der Waals surface area (Å²) >= 11 is 6.69. The van der Waals surface area contributed by atoms with Gasteiger partial charge in [0.2, 0.25) is 0 Å². The number of carbonyl (C=O) groups excluding carboxylic acids is 1. The normalized spacial score (nSPS) is 22.2. The maximum absolute atomic E-state index is 12.2. The predicted octanol–water partition coefficient (Wildman–Crippen LogP) is 4.07. The second-order valence-corrected chi connectivity index (χ2v) is 8.49. The first-order chi connectivity index (χ1) is 9.87. The molecule has 0 spiro atoms. The zero-order valence-electron chi connectivity index (χ0n) is 12.0. The molecule has 5 heteroatoms. The van der Waals surface area contributed by atoms with E-state index in [9.17, 15) is 4.79 Å². The summed E-state index contributed by atoms with van der Waals surface area (Å²) in [5, 5.41) is 0. The predicted molar refractivity (Wildman–Crippen MR) is 89.8 cm³/mol. The highest BCUT2D eigenvalue weighted by Crippen LogP contribution is 2.60. The highest BCUT2D eigenvalue weighted by Gasteiger charge is 2.61. The average Bonchev–Trinajstić information content (AvgIpc) is 2.73.